The van der Waals surface area contributed by atoms with Gasteiger partial charge in [0.1, 0.15) is 0 Å². The van der Waals surface area contributed by atoms with Crippen LogP contribution in [0, 0.1) is 0 Å². The minimum atomic E-state index is -0.857. The van der Waals surface area contributed by atoms with Crippen LogP contribution in [-0.4, -0.2) is 31.3 Å². The molecule has 19 heavy (non-hydrogen) atoms. The van der Waals surface area contributed by atoms with Crippen molar-refractivity contribution in [2.45, 2.75) is 32.6 Å². The van der Waals surface area contributed by atoms with Crippen molar-refractivity contribution in [3.63, 3.8) is 0 Å². The molecule has 1 N–H and O–H groups in total. The third-order valence-electron chi connectivity index (χ3n) is 2.90. The number of hydrogen-bond donors (Lipinski definition) is 1. The van der Waals surface area contributed by atoms with E-state index in [1.54, 1.807) is 4.68 Å². The fourth-order valence-electron chi connectivity index (χ4n) is 1.78. The second kappa shape index (κ2) is 5.60. The molecule has 1 aromatic heterocycles. The van der Waals surface area contributed by atoms with Crippen LogP contribution in [-0.2, 0) is 11.2 Å². The highest BCUT2D eigenvalue weighted by molar-refractivity contribution is 5.66. The molecule has 0 spiro atoms. The van der Waals surface area contributed by atoms with Gasteiger partial charge in [0.15, 0.2) is 5.82 Å². The van der Waals surface area contributed by atoms with Gasteiger partial charge in [-0.05, 0) is 34.0 Å². The predicted octanol–water partition coefficient (Wildman–Crippen LogP) is 1.80. The SMILES string of the molecule is CC(C)c1ccc(-n2nnnc2CCC(=O)O)cc1. The third kappa shape index (κ3) is 3.15. The number of hydrogen-bond acceptors (Lipinski definition) is 4. The maximum Gasteiger partial charge on any atom is 0.303 e. The summed E-state index contributed by atoms with van der Waals surface area (Å²) in [7, 11) is 0. The van der Waals surface area contributed by atoms with Gasteiger partial charge in [-0.3, -0.25) is 4.79 Å². The van der Waals surface area contributed by atoms with E-state index in [-0.39, 0.29) is 6.42 Å². The number of carboxylic acid groups (broad SMARTS) is 1. The van der Waals surface area contributed by atoms with Crippen LogP contribution >= 0.6 is 0 Å². The molecular formula is C13H16N4O2. The Hall–Kier alpha value is -2.24. The zero-order valence-corrected chi connectivity index (χ0v) is 10.9. The van der Waals surface area contributed by atoms with Crippen LogP contribution in [0.1, 0.15) is 37.6 Å². The summed E-state index contributed by atoms with van der Waals surface area (Å²) in [5, 5.41) is 20.1. The zero-order chi connectivity index (χ0) is 13.8. The Kier molecular flexibility index (Phi) is 3.89. The number of rotatable bonds is 5. The van der Waals surface area contributed by atoms with Crippen LogP contribution in [0.4, 0.5) is 0 Å². The van der Waals surface area contributed by atoms with E-state index < -0.39 is 5.97 Å². The van der Waals surface area contributed by atoms with Gasteiger partial charge >= 0.3 is 5.97 Å². The lowest BCUT2D eigenvalue weighted by Crippen LogP contribution is -2.06. The van der Waals surface area contributed by atoms with Crippen molar-refractivity contribution in [3.8, 4) is 5.69 Å². The Bertz CT molecular complexity index is 560. The number of benzene rings is 1. The Labute approximate surface area is 111 Å². The van der Waals surface area contributed by atoms with E-state index in [1.165, 1.54) is 5.56 Å². The van der Waals surface area contributed by atoms with Gasteiger partial charge in [-0.1, -0.05) is 26.0 Å². The Balaban J connectivity index is 2.22. The largest absolute Gasteiger partial charge is 0.481 e. The van der Waals surface area contributed by atoms with Gasteiger partial charge in [0.2, 0.25) is 0 Å². The van der Waals surface area contributed by atoms with Crippen molar-refractivity contribution in [3.05, 3.63) is 35.7 Å². The van der Waals surface area contributed by atoms with Crippen molar-refractivity contribution in [1.29, 1.82) is 0 Å². The first-order chi connectivity index (χ1) is 9.08. The molecule has 6 nitrogen and oxygen atoms in total. The van der Waals surface area contributed by atoms with Crippen molar-refractivity contribution < 1.29 is 9.90 Å². The quantitative estimate of drug-likeness (QED) is 0.886. The van der Waals surface area contributed by atoms with Crippen LogP contribution in [0.3, 0.4) is 0 Å². The average molecular weight is 260 g/mol. The van der Waals surface area contributed by atoms with E-state index in [0.29, 0.717) is 18.2 Å². The molecule has 0 unspecified atom stereocenters. The Morgan fingerprint density at radius 1 is 1.32 bits per heavy atom. The molecule has 2 rings (SSSR count). The molecule has 0 aliphatic heterocycles. The monoisotopic (exact) mass is 260 g/mol. The lowest BCUT2D eigenvalue weighted by Gasteiger charge is -2.07. The maximum absolute atomic E-state index is 10.6. The molecule has 0 saturated carbocycles. The van der Waals surface area contributed by atoms with Crippen molar-refractivity contribution in [2.75, 3.05) is 0 Å². The number of aromatic nitrogens is 4. The van der Waals surface area contributed by atoms with Gasteiger partial charge in [0.25, 0.3) is 0 Å². The molecule has 0 saturated heterocycles. The van der Waals surface area contributed by atoms with Crippen LogP contribution in [0.5, 0.6) is 0 Å². The molecule has 6 heteroatoms. The van der Waals surface area contributed by atoms with Gasteiger partial charge in [0, 0.05) is 6.42 Å². The highest BCUT2D eigenvalue weighted by Crippen LogP contribution is 2.17. The first-order valence-corrected chi connectivity index (χ1v) is 6.17. The van der Waals surface area contributed by atoms with E-state index >= 15 is 0 Å². The van der Waals surface area contributed by atoms with Gasteiger partial charge in [0.05, 0.1) is 12.1 Å². The molecule has 100 valence electrons. The zero-order valence-electron chi connectivity index (χ0n) is 10.9. The lowest BCUT2D eigenvalue weighted by atomic mass is 10.0. The van der Waals surface area contributed by atoms with Crippen LogP contribution in [0.2, 0.25) is 0 Å². The molecule has 2 aromatic rings. The van der Waals surface area contributed by atoms with Gasteiger partial charge in [-0.15, -0.1) is 5.10 Å². The first-order valence-electron chi connectivity index (χ1n) is 6.17. The van der Waals surface area contributed by atoms with Crippen molar-refractivity contribution in [1.82, 2.24) is 20.2 Å². The standard InChI is InChI=1S/C13H16N4O2/c1-9(2)10-3-5-11(6-4-10)17-12(14-15-16-17)7-8-13(18)19/h3-6,9H,7-8H2,1-2H3,(H,18,19). The first kappa shape index (κ1) is 13.2. The van der Waals surface area contributed by atoms with E-state index in [4.69, 9.17) is 5.11 Å². The van der Waals surface area contributed by atoms with E-state index in [0.717, 1.165) is 5.69 Å². The molecule has 0 bridgehead atoms. The van der Waals surface area contributed by atoms with Gasteiger partial charge in [-0.25, -0.2) is 0 Å². The topological polar surface area (TPSA) is 80.9 Å². The van der Waals surface area contributed by atoms with Crippen LogP contribution < -0.4 is 0 Å². The fraction of sp³-hybridized carbons (Fsp3) is 0.385. The number of aliphatic carboxylic acids is 1. The summed E-state index contributed by atoms with van der Waals surface area (Å²) in [6, 6.07) is 7.94. The highest BCUT2D eigenvalue weighted by Gasteiger charge is 2.10. The lowest BCUT2D eigenvalue weighted by molar-refractivity contribution is -0.137. The fourth-order valence-corrected chi connectivity index (χ4v) is 1.78. The second-order valence-corrected chi connectivity index (χ2v) is 4.65. The summed E-state index contributed by atoms with van der Waals surface area (Å²) in [5.41, 5.74) is 2.08. The smallest absolute Gasteiger partial charge is 0.303 e. The maximum atomic E-state index is 10.6. The third-order valence-corrected chi connectivity index (χ3v) is 2.90. The molecule has 0 radical (unpaired) electrons. The molecule has 0 aliphatic rings. The summed E-state index contributed by atoms with van der Waals surface area (Å²) in [6.45, 7) is 4.26. The summed E-state index contributed by atoms with van der Waals surface area (Å²) in [5.74, 6) is 0.166. The Morgan fingerprint density at radius 2 is 2.00 bits per heavy atom. The summed E-state index contributed by atoms with van der Waals surface area (Å²) in [4.78, 5) is 10.6. The number of aryl methyl sites for hydroxylation is 1. The van der Waals surface area contributed by atoms with Crippen LogP contribution in [0.25, 0.3) is 5.69 Å². The van der Waals surface area contributed by atoms with E-state index in [9.17, 15) is 4.79 Å². The summed E-state index contributed by atoms with van der Waals surface area (Å²) >= 11 is 0. The van der Waals surface area contributed by atoms with E-state index in [1.807, 2.05) is 24.3 Å². The Morgan fingerprint density at radius 3 is 2.58 bits per heavy atom. The summed E-state index contributed by atoms with van der Waals surface area (Å²) in [6.07, 6.45) is 0.332. The highest BCUT2D eigenvalue weighted by atomic mass is 16.4. The number of carboxylic acids is 1. The molecule has 0 atom stereocenters. The molecule has 0 fully saturated rings. The molecular weight excluding hydrogens is 244 g/mol. The molecule has 0 aliphatic carbocycles. The predicted molar refractivity (Wildman–Crippen MR) is 69.2 cm³/mol. The molecule has 1 aromatic carbocycles. The van der Waals surface area contributed by atoms with Gasteiger partial charge in [-0.2, -0.15) is 4.68 Å². The minimum Gasteiger partial charge on any atom is -0.481 e. The normalized spacial score (nSPS) is 10.9. The molecule has 1 heterocycles. The molecule has 0 amide bonds. The minimum absolute atomic E-state index is 0.0183. The average Bonchev–Trinajstić information content (AvgIpc) is 2.84. The van der Waals surface area contributed by atoms with Gasteiger partial charge < -0.3 is 5.11 Å². The summed E-state index contributed by atoms with van der Waals surface area (Å²) < 4.78 is 1.58. The van der Waals surface area contributed by atoms with Crippen molar-refractivity contribution >= 4 is 5.97 Å². The number of carbonyl (C=O) groups is 1. The second-order valence-electron chi connectivity index (χ2n) is 4.65. The number of tetrazole rings is 1. The number of nitrogens with zero attached hydrogens (tertiary/aromatic N) is 4. The van der Waals surface area contributed by atoms with Crippen molar-refractivity contribution in [2.24, 2.45) is 0 Å². The van der Waals surface area contributed by atoms with E-state index in [2.05, 4.69) is 29.4 Å². The van der Waals surface area contributed by atoms with Crippen LogP contribution in [0.15, 0.2) is 24.3 Å².